The molecular weight excluding hydrogens is 488 g/mol. The van der Waals surface area contributed by atoms with Crippen LogP contribution in [0.5, 0.6) is 11.5 Å². The van der Waals surface area contributed by atoms with Crippen molar-refractivity contribution in [3.63, 3.8) is 0 Å². The van der Waals surface area contributed by atoms with Gasteiger partial charge in [-0.3, -0.25) is 14.5 Å². The minimum absolute atomic E-state index is 0.00848. The van der Waals surface area contributed by atoms with Crippen LogP contribution in [0.2, 0.25) is 0 Å². The van der Waals surface area contributed by atoms with Crippen molar-refractivity contribution in [3.05, 3.63) is 88.5 Å². The number of nitrogens with zero attached hydrogens (tertiary/aromatic N) is 2. The standard InChI is InChI=1S/C29H26N2O5S/c1-5-36-20-10-7-18(8-11-20)25-24(26(32)19-9-13-22(35-4)17(3)15-19)27(33)28(34)31(25)29-30-21-12-6-16(2)14-23(21)37-29/h6-15,25,32H,5H2,1-4H3/b26-24+. The molecule has 0 aliphatic carbocycles. The van der Waals surface area contributed by atoms with Gasteiger partial charge in [0.2, 0.25) is 0 Å². The fraction of sp³-hybridized carbons (Fsp3) is 0.207. The summed E-state index contributed by atoms with van der Waals surface area (Å²) in [6, 6.07) is 17.3. The number of aromatic nitrogens is 1. The van der Waals surface area contributed by atoms with Gasteiger partial charge in [0.25, 0.3) is 5.78 Å². The summed E-state index contributed by atoms with van der Waals surface area (Å²) in [7, 11) is 1.57. The van der Waals surface area contributed by atoms with Gasteiger partial charge in [-0.2, -0.15) is 0 Å². The predicted molar refractivity (Wildman–Crippen MR) is 144 cm³/mol. The Balaban J connectivity index is 1.70. The minimum Gasteiger partial charge on any atom is -0.507 e. The number of aryl methyl sites for hydroxylation is 2. The molecule has 1 saturated heterocycles. The van der Waals surface area contributed by atoms with Crippen LogP contribution in [-0.4, -0.2) is 35.5 Å². The highest BCUT2D eigenvalue weighted by Gasteiger charge is 2.48. The molecule has 1 fully saturated rings. The molecule has 1 aliphatic rings. The minimum atomic E-state index is -0.861. The highest BCUT2D eigenvalue weighted by molar-refractivity contribution is 7.22. The summed E-state index contributed by atoms with van der Waals surface area (Å²) in [6.45, 7) is 6.25. The third-order valence-electron chi connectivity index (χ3n) is 6.36. The molecule has 1 amide bonds. The number of carbonyl (C=O) groups excluding carboxylic acids is 2. The molecule has 37 heavy (non-hydrogen) atoms. The van der Waals surface area contributed by atoms with E-state index in [1.165, 1.54) is 16.2 Å². The van der Waals surface area contributed by atoms with Crippen LogP contribution in [0, 0.1) is 13.8 Å². The first-order valence-electron chi connectivity index (χ1n) is 11.9. The summed E-state index contributed by atoms with van der Waals surface area (Å²) in [4.78, 5) is 33.0. The normalized spacial score (nSPS) is 17.0. The van der Waals surface area contributed by atoms with Gasteiger partial charge in [0.15, 0.2) is 5.13 Å². The van der Waals surface area contributed by atoms with Crippen LogP contribution in [0.4, 0.5) is 5.13 Å². The molecule has 188 valence electrons. The second-order valence-electron chi connectivity index (χ2n) is 8.82. The topological polar surface area (TPSA) is 89.0 Å². The van der Waals surface area contributed by atoms with Gasteiger partial charge in [-0.15, -0.1) is 0 Å². The SMILES string of the molecule is CCOc1ccc(C2/C(=C(\O)c3ccc(OC)c(C)c3)C(=O)C(=O)N2c2nc3ccc(C)cc3s2)cc1. The number of hydrogen-bond donors (Lipinski definition) is 1. The molecule has 8 heteroatoms. The van der Waals surface area contributed by atoms with E-state index in [0.717, 1.165) is 21.3 Å². The van der Waals surface area contributed by atoms with E-state index in [1.54, 1.807) is 49.6 Å². The van der Waals surface area contributed by atoms with Gasteiger partial charge >= 0.3 is 5.91 Å². The van der Waals surface area contributed by atoms with E-state index in [4.69, 9.17) is 9.47 Å². The molecule has 5 rings (SSSR count). The van der Waals surface area contributed by atoms with Crippen molar-refractivity contribution < 1.29 is 24.2 Å². The number of carbonyl (C=O) groups is 2. The maximum atomic E-state index is 13.5. The number of rotatable bonds is 6. The summed E-state index contributed by atoms with van der Waals surface area (Å²) in [5.74, 6) is -0.418. The summed E-state index contributed by atoms with van der Waals surface area (Å²) >= 11 is 1.34. The maximum absolute atomic E-state index is 13.5. The lowest BCUT2D eigenvalue weighted by Crippen LogP contribution is -2.29. The number of ketones is 1. The second kappa shape index (κ2) is 9.71. The van der Waals surface area contributed by atoms with Crippen molar-refractivity contribution in [3.8, 4) is 11.5 Å². The average molecular weight is 515 g/mol. The number of fused-ring (bicyclic) bond motifs is 1. The molecule has 0 radical (unpaired) electrons. The van der Waals surface area contributed by atoms with Gasteiger partial charge in [-0.1, -0.05) is 29.5 Å². The fourth-order valence-corrected chi connectivity index (χ4v) is 5.65. The number of aliphatic hydroxyl groups excluding tert-OH is 1. The number of benzene rings is 3. The van der Waals surface area contributed by atoms with Gasteiger partial charge in [0, 0.05) is 5.56 Å². The van der Waals surface area contributed by atoms with Crippen LogP contribution >= 0.6 is 11.3 Å². The molecule has 3 aromatic carbocycles. The number of methoxy groups -OCH3 is 1. The highest BCUT2D eigenvalue weighted by Crippen LogP contribution is 2.44. The number of Topliss-reactive ketones (excluding diaryl/α,β-unsaturated/α-hetero) is 1. The van der Waals surface area contributed by atoms with Crippen LogP contribution in [0.3, 0.4) is 0 Å². The molecule has 1 aliphatic heterocycles. The van der Waals surface area contributed by atoms with Gasteiger partial charge in [-0.25, -0.2) is 4.98 Å². The van der Waals surface area contributed by atoms with E-state index in [-0.39, 0.29) is 11.3 Å². The summed E-state index contributed by atoms with van der Waals surface area (Å²) < 4.78 is 11.8. The Morgan fingerprint density at radius 1 is 1.05 bits per heavy atom. The molecule has 4 aromatic rings. The molecule has 2 heterocycles. The summed E-state index contributed by atoms with van der Waals surface area (Å²) in [6.07, 6.45) is 0. The van der Waals surface area contributed by atoms with E-state index in [1.807, 2.05) is 39.0 Å². The highest BCUT2D eigenvalue weighted by atomic mass is 32.1. The molecule has 0 spiro atoms. The van der Waals surface area contributed by atoms with Crippen molar-refractivity contribution >= 4 is 44.1 Å². The van der Waals surface area contributed by atoms with Crippen LogP contribution in [0.1, 0.15) is 35.2 Å². The Morgan fingerprint density at radius 3 is 2.49 bits per heavy atom. The zero-order valence-electron chi connectivity index (χ0n) is 20.9. The Labute approximate surface area is 218 Å². The molecule has 1 unspecified atom stereocenters. The number of ether oxygens (including phenoxy) is 2. The molecule has 1 N–H and O–H groups in total. The molecular formula is C29H26N2O5S. The van der Waals surface area contributed by atoms with E-state index < -0.39 is 17.7 Å². The van der Waals surface area contributed by atoms with Crippen LogP contribution in [0.15, 0.2) is 66.2 Å². The first-order chi connectivity index (χ1) is 17.8. The zero-order valence-corrected chi connectivity index (χ0v) is 21.8. The third kappa shape index (κ3) is 4.34. The zero-order chi connectivity index (χ0) is 26.3. The molecule has 7 nitrogen and oxygen atoms in total. The quantitative estimate of drug-likeness (QED) is 0.194. The number of amides is 1. The molecule has 1 atom stereocenters. The van der Waals surface area contributed by atoms with E-state index in [0.29, 0.717) is 34.4 Å². The monoisotopic (exact) mass is 514 g/mol. The third-order valence-corrected chi connectivity index (χ3v) is 7.38. The first kappa shape index (κ1) is 24.5. The van der Waals surface area contributed by atoms with E-state index >= 15 is 0 Å². The predicted octanol–water partition coefficient (Wildman–Crippen LogP) is 5.95. The van der Waals surface area contributed by atoms with Gasteiger partial charge < -0.3 is 14.6 Å². The summed E-state index contributed by atoms with van der Waals surface area (Å²) in [5, 5.41) is 11.8. The number of anilines is 1. The van der Waals surface area contributed by atoms with E-state index in [9.17, 15) is 14.7 Å². The first-order valence-corrected chi connectivity index (χ1v) is 12.7. The van der Waals surface area contributed by atoms with Gasteiger partial charge in [0.1, 0.15) is 17.3 Å². The lowest BCUT2D eigenvalue weighted by atomic mass is 9.95. The van der Waals surface area contributed by atoms with Crippen LogP contribution < -0.4 is 14.4 Å². The Hall–Kier alpha value is -4.17. The smallest absolute Gasteiger partial charge is 0.301 e. The Kier molecular flexibility index (Phi) is 6.43. The lowest BCUT2D eigenvalue weighted by molar-refractivity contribution is -0.132. The van der Waals surface area contributed by atoms with Gasteiger partial charge in [-0.05, 0) is 79.9 Å². The van der Waals surface area contributed by atoms with Crippen molar-refractivity contribution in [1.29, 1.82) is 0 Å². The Morgan fingerprint density at radius 2 is 1.81 bits per heavy atom. The van der Waals surface area contributed by atoms with Gasteiger partial charge in [0.05, 0.1) is 35.5 Å². The van der Waals surface area contributed by atoms with Crippen molar-refractivity contribution in [1.82, 2.24) is 4.98 Å². The fourth-order valence-electron chi connectivity index (χ4n) is 4.56. The molecule has 0 bridgehead atoms. The molecule has 1 aromatic heterocycles. The number of aliphatic hydroxyl groups is 1. The second-order valence-corrected chi connectivity index (χ2v) is 9.83. The molecule has 0 saturated carbocycles. The van der Waals surface area contributed by atoms with E-state index in [2.05, 4.69) is 4.98 Å². The average Bonchev–Trinajstić information content (AvgIpc) is 3.42. The van der Waals surface area contributed by atoms with Crippen LogP contribution in [-0.2, 0) is 9.59 Å². The Bertz CT molecular complexity index is 1550. The van der Waals surface area contributed by atoms with Crippen molar-refractivity contribution in [2.75, 3.05) is 18.6 Å². The number of thiazole rings is 1. The number of hydrogen-bond acceptors (Lipinski definition) is 7. The van der Waals surface area contributed by atoms with Crippen LogP contribution in [0.25, 0.3) is 16.0 Å². The van der Waals surface area contributed by atoms with Crippen molar-refractivity contribution in [2.45, 2.75) is 26.8 Å². The summed E-state index contributed by atoms with van der Waals surface area (Å²) in [5.41, 5.74) is 3.69. The lowest BCUT2D eigenvalue weighted by Gasteiger charge is -2.23. The van der Waals surface area contributed by atoms with Crippen molar-refractivity contribution in [2.24, 2.45) is 0 Å². The largest absolute Gasteiger partial charge is 0.507 e. The maximum Gasteiger partial charge on any atom is 0.301 e.